The van der Waals surface area contributed by atoms with Gasteiger partial charge in [-0.25, -0.2) is 4.98 Å². The van der Waals surface area contributed by atoms with Gasteiger partial charge in [0.1, 0.15) is 5.82 Å². The second-order valence-electron chi connectivity index (χ2n) is 2.57. The van der Waals surface area contributed by atoms with E-state index in [0.717, 1.165) is 16.9 Å². The molecule has 11 heavy (non-hydrogen) atoms. The molecule has 0 unspecified atom stereocenters. The Morgan fingerprint density at radius 1 is 1.45 bits per heavy atom. The Hall–Kier alpha value is -1.25. The van der Waals surface area contributed by atoms with Crippen LogP contribution in [-0.4, -0.2) is 12.0 Å². The summed E-state index contributed by atoms with van der Waals surface area (Å²) in [4.78, 5) is 4.16. The van der Waals surface area contributed by atoms with Crippen molar-refractivity contribution < 1.29 is 0 Å². The van der Waals surface area contributed by atoms with E-state index in [-0.39, 0.29) is 0 Å². The summed E-state index contributed by atoms with van der Waals surface area (Å²) < 4.78 is 0. The predicted molar refractivity (Wildman–Crippen MR) is 47.7 cm³/mol. The van der Waals surface area contributed by atoms with E-state index in [1.165, 1.54) is 0 Å². The lowest BCUT2D eigenvalue weighted by atomic mass is 10.2. The molecule has 0 aliphatic heterocycles. The number of hydrogen-bond donors (Lipinski definition) is 2. The summed E-state index contributed by atoms with van der Waals surface area (Å²) in [7, 11) is 1.84. The number of pyridine rings is 1. The van der Waals surface area contributed by atoms with Gasteiger partial charge in [-0.05, 0) is 25.5 Å². The zero-order chi connectivity index (χ0) is 8.43. The normalized spacial score (nSPS) is 9.73. The Bertz CT molecular complexity index is 268. The van der Waals surface area contributed by atoms with Crippen LogP contribution in [0.2, 0.25) is 0 Å². The maximum Gasteiger partial charge on any atom is 0.147 e. The van der Waals surface area contributed by atoms with Gasteiger partial charge in [-0.15, -0.1) is 0 Å². The zero-order valence-corrected chi connectivity index (χ0v) is 7.10. The lowest BCUT2D eigenvalue weighted by Crippen LogP contribution is -2.01. The standard InChI is InChI=1S/C8H13N3/c1-5-4-7(10-3)8(9)11-6(5)2/h4,10H,1-3H3,(H2,9,11). The highest BCUT2D eigenvalue weighted by molar-refractivity contribution is 5.62. The largest absolute Gasteiger partial charge is 0.385 e. The Labute approximate surface area is 66.6 Å². The maximum absolute atomic E-state index is 5.63. The van der Waals surface area contributed by atoms with E-state index in [1.807, 2.05) is 27.0 Å². The van der Waals surface area contributed by atoms with Crippen LogP contribution in [0.3, 0.4) is 0 Å². The van der Waals surface area contributed by atoms with Crippen LogP contribution in [0.1, 0.15) is 11.3 Å². The Morgan fingerprint density at radius 3 is 2.64 bits per heavy atom. The number of nitrogens with two attached hydrogens (primary N) is 1. The molecule has 0 radical (unpaired) electrons. The SMILES string of the molecule is CNc1cc(C)c(C)nc1N. The topological polar surface area (TPSA) is 50.9 Å². The van der Waals surface area contributed by atoms with Gasteiger partial charge in [0.15, 0.2) is 0 Å². The highest BCUT2D eigenvalue weighted by atomic mass is 14.9. The van der Waals surface area contributed by atoms with Crippen molar-refractivity contribution in [2.45, 2.75) is 13.8 Å². The van der Waals surface area contributed by atoms with Crippen molar-refractivity contribution in [3.8, 4) is 0 Å². The van der Waals surface area contributed by atoms with Crippen molar-refractivity contribution in [3.63, 3.8) is 0 Å². The minimum Gasteiger partial charge on any atom is -0.385 e. The molecule has 60 valence electrons. The fraction of sp³-hybridized carbons (Fsp3) is 0.375. The molecule has 1 aromatic rings. The van der Waals surface area contributed by atoms with E-state index in [0.29, 0.717) is 5.82 Å². The minimum atomic E-state index is 0.565. The number of aromatic nitrogens is 1. The third-order valence-electron chi connectivity index (χ3n) is 1.76. The monoisotopic (exact) mass is 151 g/mol. The predicted octanol–water partition coefficient (Wildman–Crippen LogP) is 1.32. The fourth-order valence-corrected chi connectivity index (χ4v) is 0.924. The third kappa shape index (κ3) is 1.42. The fourth-order valence-electron chi connectivity index (χ4n) is 0.924. The molecule has 0 aliphatic rings. The smallest absolute Gasteiger partial charge is 0.147 e. The van der Waals surface area contributed by atoms with Crippen LogP contribution < -0.4 is 11.1 Å². The molecule has 0 bridgehead atoms. The number of nitrogen functional groups attached to an aromatic ring is 1. The van der Waals surface area contributed by atoms with E-state index in [4.69, 9.17) is 5.73 Å². The van der Waals surface area contributed by atoms with Crippen molar-refractivity contribution in [2.75, 3.05) is 18.1 Å². The molecule has 1 heterocycles. The quantitative estimate of drug-likeness (QED) is 0.636. The van der Waals surface area contributed by atoms with Crippen molar-refractivity contribution in [3.05, 3.63) is 17.3 Å². The minimum absolute atomic E-state index is 0.565. The van der Waals surface area contributed by atoms with Crippen LogP contribution in [-0.2, 0) is 0 Å². The summed E-state index contributed by atoms with van der Waals surface area (Å²) in [6.45, 7) is 3.97. The van der Waals surface area contributed by atoms with E-state index in [9.17, 15) is 0 Å². The molecule has 1 rings (SSSR count). The molecule has 0 aliphatic carbocycles. The van der Waals surface area contributed by atoms with Crippen LogP contribution >= 0.6 is 0 Å². The molecule has 0 fully saturated rings. The lowest BCUT2D eigenvalue weighted by Gasteiger charge is -2.06. The molecule has 0 saturated heterocycles. The van der Waals surface area contributed by atoms with Crippen molar-refractivity contribution in [2.24, 2.45) is 0 Å². The van der Waals surface area contributed by atoms with Crippen molar-refractivity contribution in [1.29, 1.82) is 0 Å². The second-order valence-corrected chi connectivity index (χ2v) is 2.57. The van der Waals surface area contributed by atoms with E-state index < -0.39 is 0 Å². The highest BCUT2D eigenvalue weighted by Gasteiger charge is 2.00. The zero-order valence-electron chi connectivity index (χ0n) is 7.10. The molecule has 0 aromatic carbocycles. The average molecular weight is 151 g/mol. The molecule has 0 spiro atoms. The summed E-state index contributed by atoms with van der Waals surface area (Å²) in [6.07, 6.45) is 0. The first-order chi connectivity index (χ1) is 5.15. The number of hydrogen-bond acceptors (Lipinski definition) is 3. The highest BCUT2D eigenvalue weighted by Crippen LogP contribution is 2.18. The van der Waals surface area contributed by atoms with E-state index in [1.54, 1.807) is 0 Å². The molecule has 3 nitrogen and oxygen atoms in total. The number of nitrogens with zero attached hydrogens (tertiary/aromatic N) is 1. The first-order valence-corrected chi connectivity index (χ1v) is 3.56. The number of anilines is 2. The van der Waals surface area contributed by atoms with Gasteiger partial charge >= 0.3 is 0 Å². The summed E-state index contributed by atoms with van der Waals surface area (Å²) >= 11 is 0. The third-order valence-corrected chi connectivity index (χ3v) is 1.76. The van der Waals surface area contributed by atoms with Crippen LogP contribution in [0, 0.1) is 13.8 Å². The average Bonchev–Trinajstić information content (AvgIpc) is 1.97. The van der Waals surface area contributed by atoms with Crippen LogP contribution in [0.4, 0.5) is 11.5 Å². The van der Waals surface area contributed by atoms with Gasteiger partial charge in [0.2, 0.25) is 0 Å². The van der Waals surface area contributed by atoms with Crippen molar-refractivity contribution in [1.82, 2.24) is 4.98 Å². The Kier molecular flexibility index (Phi) is 1.98. The van der Waals surface area contributed by atoms with Crippen LogP contribution in [0.25, 0.3) is 0 Å². The summed E-state index contributed by atoms with van der Waals surface area (Å²) in [6, 6.07) is 2.00. The first kappa shape index (κ1) is 7.85. The van der Waals surface area contributed by atoms with Gasteiger partial charge in [0, 0.05) is 12.7 Å². The Morgan fingerprint density at radius 2 is 2.09 bits per heavy atom. The molecular formula is C8H13N3. The molecule has 0 atom stereocenters. The molecule has 3 N–H and O–H groups in total. The number of aryl methyl sites for hydroxylation is 2. The molecule has 3 heteroatoms. The van der Waals surface area contributed by atoms with Crippen molar-refractivity contribution >= 4 is 11.5 Å². The summed E-state index contributed by atoms with van der Waals surface area (Å²) in [5.74, 6) is 0.565. The van der Waals surface area contributed by atoms with Gasteiger partial charge in [-0.2, -0.15) is 0 Å². The van der Waals surface area contributed by atoms with E-state index in [2.05, 4.69) is 10.3 Å². The maximum atomic E-state index is 5.63. The Balaban J connectivity index is 3.21. The second kappa shape index (κ2) is 2.78. The molecule has 0 saturated carbocycles. The molecular weight excluding hydrogens is 138 g/mol. The van der Waals surface area contributed by atoms with Gasteiger partial charge in [-0.3, -0.25) is 0 Å². The van der Waals surface area contributed by atoms with E-state index >= 15 is 0 Å². The lowest BCUT2D eigenvalue weighted by molar-refractivity contribution is 1.16. The van der Waals surface area contributed by atoms with Crippen LogP contribution in [0.15, 0.2) is 6.07 Å². The number of rotatable bonds is 1. The van der Waals surface area contributed by atoms with Crippen LogP contribution in [0.5, 0.6) is 0 Å². The number of nitrogens with one attached hydrogen (secondary N) is 1. The van der Waals surface area contributed by atoms with Gasteiger partial charge in [0.05, 0.1) is 5.69 Å². The molecule has 0 amide bonds. The van der Waals surface area contributed by atoms with Gasteiger partial charge < -0.3 is 11.1 Å². The summed E-state index contributed by atoms with van der Waals surface area (Å²) in [5.41, 5.74) is 8.67. The first-order valence-electron chi connectivity index (χ1n) is 3.56. The van der Waals surface area contributed by atoms with Gasteiger partial charge in [-0.1, -0.05) is 0 Å². The summed E-state index contributed by atoms with van der Waals surface area (Å²) in [5, 5.41) is 2.98. The van der Waals surface area contributed by atoms with Gasteiger partial charge in [0.25, 0.3) is 0 Å². The molecule has 1 aromatic heterocycles.